The number of hydrogen-bond donors (Lipinski definition) is 3. The van der Waals surface area contributed by atoms with E-state index in [0.29, 0.717) is 29.9 Å². The number of carbonyl (C=O) groups is 2. The fraction of sp³-hybridized carbons (Fsp3) is 0.333. The van der Waals surface area contributed by atoms with E-state index in [1.807, 2.05) is 30.3 Å². The maximum atomic E-state index is 12.4. The van der Waals surface area contributed by atoms with E-state index in [1.165, 1.54) is 12.8 Å². The van der Waals surface area contributed by atoms with E-state index < -0.39 is 0 Å². The molecule has 8 nitrogen and oxygen atoms in total. The van der Waals surface area contributed by atoms with Crippen LogP contribution in [0.25, 0.3) is 11.0 Å². The van der Waals surface area contributed by atoms with Gasteiger partial charge in [0.15, 0.2) is 0 Å². The fourth-order valence-electron chi connectivity index (χ4n) is 3.60. The van der Waals surface area contributed by atoms with Gasteiger partial charge in [0, 0.05) is 28.3 Å². The van der Waals surface area contributed by atoms with Gasteiger partial charge in [0.25, 0.3) is 5.91 Å². The molecule has 0 radical (unpaired) electrons. The number of carbonyl (C=O) groups excluding carboxylic acids is 2. The smallest absolute Gasteiger partial charge is 0.319 e. The lowest BCUT2D eigenvalue weighted by Crippen LogP contribution is -2.32. The van der Waals surface area contributed by atoms with Gasteiger partial charge in [-0.05, 0) is 55.3 Å². The highest BCUT2D eigenvalue weighted by molar-refractivity contribution is 9.10. The fourth-order valence-corrected chi connectivity index (χ4v) is 3.87. The lowest BCUT2D eigenvalue weighted by atomic mass is 10.1. The van der Waals surface area contributed by atoms with Crippen LogP contribution in [0.5, 0.6) is 0 Å². The molecule has 1 fully saturated rings. The van der Waals surface area contributed by atoms with Gasteiger partial charge < -0.3 is 16.0 Å². The van der Waals surface area contributed by atoms with Crippen LogP contribution >= 0.6 is 15.9 Å². The first-order valence-corrected chi connectivity index (χ1v) is 10.8. The molecule has 3 aromatic rings. The van der Waals surface area contributed by atoms with Crippen LogP contribution < -0.4 is 16.0 Å². The molecule has 9 heteroatoms. The lowest BCUT2D eigenvalue weighted by molar-refractivity contribution is 0.0938. The third kappa shape index (κ3) is 4.96. The summed E-state index contributed by atoms with van der Waals surface area (Å²) in [6.45, 7) is 0.864. The molecule has 3 amide bonds. The molecule has 0 aliphatic heterocycles. The van der Waals surface area contributed by atoms with E-state index in [0.717, 1.165) is 22.8 Å². The number of fused-ring (bicyclic) bond motifs is 1. The molecular weight excluding hydrogens is 448 g/mol. The lowest BCUT2D eigenvalue weighted by Gasteiger charge is -2.11. The predicted molar refractivity (Wildman–Crippen MR) is 118 cm³/mol. The number of amides is 3. The van der Waals surface area contributed by atoms with Crippen molar-refractivity contribution in [3.63, 3.8) is 0 Å². The molecule has 0 saturated heterocycles. The number of rotatable bonds is 6. The number of benzene rings is 2. The highest BCUT2D eigenvalue weighted by Gasteiger charge is 2.18. The van der Waals surface area contributed by atoms with Crippen LogP contribution in [0, 0.1) is 0 Å². The van der Waals surface area contributed by atoms with Gasteiger partial charge in [-0.1, -0.05) is 34.0 Å². The summed E-state index contributed by atoms with van der Waals surface area (Å²) in [7, 11) is 0. The Morgan fingerprint density at radius 3 is 2.63 bits per heavy atom. The van der Waals surface area contributed by atoms with Crippen molar-refractivity contribution in [1.29, 1.82) is 0 Å². The molecule has 0 atom stereocenters. The molecule has 1 aliphatic rings. The van der Waals surface area contributed by atoms with Gasteiger partial charge in [0.2, 0.25) is 0 Å². The zero-order chi connectivity index (χ0) is 20.9. The SMILES string of the molecule is O=C(NCCn1nnc2cc(C(=O)NC3CCCC3)ccc21)Nc1ccc(Br)cc1. The Labute approximate surface area is 182 Å². The normalized spacial score (nSPS) is 14.0. The average molecular weight is 471 g/mol. The van der Waals surface area contributed by atoms with Crippen LogP contribution in [0.15, 0.2) is 46.9 Å². The van der Waals surface area contributed by atoms with Crippen LogP contribution in [0.1, 0.15) is 36.0 Å². The van der Waals surface area contributed by atoms with E-state index in [1.54, 1.807) is 16.8 Å². The molecule has 156 valence electrons. The van der Waals surface area contributed by atoms with Crippen molar-refractivity contribution in [1.82, 2.24) is 25.6 Å². The van der Waals surface area contributed by atoms with E-state index in [-0.39, 0.29) is 18.0 Å². The Kier molecular flexibility index (Phi) is 6.27. The van der Waals surface area contributed by atoms with E-state index in [4.69, 9.17) is 0 Å². The molecule has 1 aliphatic carbocycles. The minimum absolute atomic E-state index is 0.0652. The number of anilines is 1. The number of urea groups is 1. The van der Waals surface area contributed by atoms with Crippen molar-refractivity contribution in [3.05, 3.63) is 52.5 Å². The molecule has 3 N–H and O–H groups in total. The summed E-state index contributed by atoms with van der Waals surface area (Å²) in [6, 6.07) is 12.7. The van der Waals surface area contributed by atoms with Gasteiger partial charge in [0.05, 0.1) is 12.1 Å². The molecule has 0 spiro atoms. The predicted octanol–water partition coefficient (Wildman–Crippen LogP) is 3.69. The molecular formula is C21H23BrN6O2. The van der Waals surface area contributed by atoms with Gasteiger partial charge in [0.1, 0.15) is 5.52 Å². The van der Waals surface area contributed by atoms with Crippen molar-refractivity contribution in [3.8, 4) is 0 Å². The van der Waals surface area contributed by atoms with Crippen LogP contribution in [0.3, 0.4) is 0 Å². The highest BCUT2D eigenvalue weighted by atomic mass is 79.9. The summed E-state index contributed by atoms with van der Waals surface area (Å²) < 4.78 is 2.67. The minimum atomic E-state index is -0.285. The van der Waals surface area contributed by atoms with Gasteiger partial charge in [-0.15, -0.1) is 5.10 Å². The Bertz CT molecular complexity index is 1040. The van der Waals surface area contributed by atoms with Crippen molar-refractivity contribution in [2.24, 2.45) is 0 Å². The number of nitrogens with zero attached hydrogens (tertiary/aromatic N) is 3. The number of hydrogen-bond acceptors (Lipinski definition) is 4. The van der Waals surface area contributed by atoms with E-state index >= 15 is 0 Å². The van der Waals surface area contributed by atoms with Gasteiger partial charge >= 0.3 is 6.03 Å². The number of nitrogens with one attached hydrogen (secondary N) is 3. The zero-order valence-corrected chi connectivity index (χ0v) is 18.0. The monoisotopic (exact) mass is 470 g/mol. The van der Waals surface area contributed by atoms with Gasteiger partial charge in [-0.3, -0.25) is 4.79 Å². The molecule has 1 saturated carbocycles. The molecule has 4 rings (SSSR count). The third-order valence-electron chi connectivity index (χ3n) is 5.18. The minimum Gasteiger partial charge on any atom is -0.349 e. The first-order chi connectivity index (χ1) is 14.6. The highest BCUT2D eigenvalue weighted by Crippen LogP contribution is 2.19. The summed E-state index contributed by atoms with van der Waals surface area (Å²) in [5.41, 5.74) is 2.79. The Morgan fingerprint density at radius 1 is 1.10 bits per heavy atom. The Balaban J connectivity index is 1.31. The van der Waals surface area contributed by atoms with Gasteiger partial charge in [-0.25, -0.2) is 9.48 Å². The molecule has 30 heavy (non-hydrogen) atoms. The van der Waals surface area contributed by atoms with Crippen LogP contribution in [-0.2, 0) is 6.54 Å². The van der Waals surface area contributed by atoms with E-state index in [9.17, 15) is 9.59 Å². The maximum Gasteiger partial charge on any atom is 0.319 e. The third-order valence-corrected chi connectivity index (χ3v) is 5.71. The summed E-state index contributed by atoms with van der Waals surface area (Å²) >= 11 is 3.36. The number of halogens is 1. The van der Waals surface area contributed by atoms with E-state index in [2.05, 4.69) is 42.2 Å². The van der Waals surface area contributed by atoms with Crippen molar-refractivity contribution in [2.45, 2.75) is 38.3 Å². The summed E-state index contributed by atoms with van der Waals surface area (Å²) in [5, 5.41) is 17.0. The maximum absolute atomic E-state index is 12.4. The van der Waals surface area contributed by atoms with Crippen molar-refractivity contribution >= 4 is 44.6 Å². The molecule has 1 heterocycles. The van der Waals surface area contributed by atoms with Crippen molar-refractivity contribution < 1.29 is 9.59 Å². The van der Waals surface area contributed by atoms with Crippen LogP contribution in [0.4, 0.5) is 10.5 Å². The second kappa shape index (κ2) is 9.25. The molecule has 0 bridgehead atoms. The Morgan fingerprint density at radius 2 is 1.87 bits per heavy atom. The molecule has 1 aromatic heterocycles. The molecule has 2 aromatic carbocycles. The standard InChI is InChI=1S/C21H23BrN6O2/c22-15-6-8-17(9-7-15)25-21(30)23-11-12-28-19-10-5-14(13-18(19)26-27-28)20(29)24-16-3-1-2-4-16/h5-10,13,16H,1-4,11-12H2,(H,24,29)(H2,23,25,30). The number of aromatic nitrogens is 3. The largest absolute Gasteiger partial charge is 0.349 e. The summed E-state index contributed by atoms with van der Waals surface area (Å²) in [5.74, 6) is -0.0652. The topological polar surface area (TPSA) is 101 Å². The second-order valence-corrected chi connectivity index (χ2v) is 8.27. The van der Waals surface area contributed by atoms with Crippen LogP contribution in [0.2, 0.25) is 0 Å². The quantitative estimate of drug-likeness (QED) is 0.511. The summed E-state index contributed by atoms with van der Waals surface area (Å²) in [6.07, 6.45) is 4.44. The summed E-state index contributed by atoms with van der Waals surface area (Å²) in [4.78, 5) is 24.5. The zero-order valence-electron chi connectivity index (χ0n) is 16.4. The molecule has 0 unspecified atom stereocenters. The average Bonchev–Trinajstić information content (AvgIpc) is 3.39. The van der Waals surface area contributed by atoms with Crippen molar-refractivity contribution in [2.75, 3.05) is 11.9 Å². The first kappa shape index (κ1) is 20.3. The van der Waals surface area contributed by atoms with Crippen LogP contribution in [-0.4, -0.2) is 39.5 Å². The van der Waals surface area contributed by atoms with Gasteiger partial charge in [-0.2, -0.15) is 0 Å². The first-order valence-electron chi connectivity index (χ1n) is 10.0. The second-order valence-electron chi connectivity index (χ2n) is 7.36. The Hall–Kier alpha value is -2.94.